The number of methoxy groups -OCH3 is 1. The highest BCUT2D eigenvalue weighted by atomic mass is 16.5. The fourth-order valence-corrected chi connectivity index (χ4v) is 1.23. The van der Waals surface area contributed by atoms with E-state index in [-0.39, 0.29) is 12.3 Å². The van der Waals surface area contributed by atoms with E-state index in [4.69, 9.17) is 14.4 Å². The van der Waals surface area contributed by atoms with Crippen LogP contribution in [0.2, 0.25) is 0 Å². The van der Waals surface area contributed by atoms with Gasteiger partial charge in [0.25, 0.3) is 5.91 Å². The summed E-state index contributed by atoms with van der Waals surface area (Å²) in [6, 6.07) is -0.0696. The van der Waals surface area contributed by atoms with Crippen molar-refractivity contribution in [1.29, 1.82) is 0 Å². The number of hydrogen-bond donors (Lipinski definition) is 3. The molecule has 0 aliphatic carbocycles. The van der Waals surface area contributed by atoms with E-state index in [0.717, 1.165) is 0 Å². The van der Waals surface area contributed by atoms with Crippen molar-refractivity contribution in [2.75, 3.05) is 7.11 Å². The van der Waals surface area contributed by atoms with Gasteiger partial charge in [-0.3, -0.25) is 4.79 Å². The number of carbonyl (C=O) groups is 2. The van der Waals surface area contributed by atoms with Gasteiger partial charge in [-0.05, 0) is 6.92 Å². The minimum absolute atomic E-state index is 0.0750. The molecule has 8 nitrogen and oxygen atoms in total. The maximum absolute atomic E-state index is 11.6. The number of hydrogen-bond acceptors (Lipinski definition) is 6. The van der Waals surface area contributed by atoms with Gasteiger partial charge in [0.15, 0.2) is 17.5 Å². The van der Waals surface area contributed by atoms with Crippen molar-refractivity contribution < 1.29 is 29.1 Å². The van der Waals surface area contributed by atoms with E-state index in [1.807, 2.05) is 0 Å². The van der Waals surface area contributed by atoms with Gasteiger partial charge in [0, 0.05) is 13.2 Å². The number of nitrogens with zero attached hydrogens (tertiary/aromatic N) is 1. The second kappa shape index (κ2) is 6.12. The van der Waals surface area contributed by atoms with Gasteiger partial charge in [-0.25, -0.2) is 4.79 Å². The Morgan fingerprint density at radius 2 is 2.28 bits per heavy atom. The minimum atomic E-state index is -1.40. The number of carboxylic acids is 1. The third kappa shape index (κ3) is 3.54. The third-order valence-electron chi connectivity index (χ3n) is 2.11. The molecule has 100 valence electrons. The van der Waals surface area contributed by atoms with Crippen molar-refractivity contribution in [3.05, 3.63) is 17.5 Å². The first kappa shape index (κ1) is 14.1. The molecule has 8 heteroatoms. The number of rotatable bonds is 6. The maximum Gasteiger partial charge on any atom is 0.328 e. The Kier molecular flexibility index (Phi) is 4.81. The van der Waals surface area contributed by atoms with Gasteiger partial charge in [-0.1, -0.05) is 5.16 Å². The van der Waals surface area contributed by atoms with Crippen LogP contribution in [0.1, 0.15) is 23.2 Å². The smallest absolute Gasteiger partial charge is 0.328 e. The average molecular weight is 258 g/mol. The summed E-state index contributed by atoms with van der Waals surface area (Å²) >= 11 is 0. The molecule has 1 aromatic rings. The molecule has 2 atom stereocenters. The molecule has 0 saturated heterocycles. The predicted octanol–water partition coefficient (Wildman–Crippen LogP) is -0.615. The maximum atomic E-state index is 11.6. The Morgan fingerprint density at radius 3 is 2.78 bits per heavy atom. The summed E-state index contributed by atoms with van der Waals surface area (Å²) in [6.45, 7) is 1.41. The molecule has 18 heavy (non-hydrogen) atoms. The molecule has 0 aliphatic heterocycles. The zero-order valence-corrected chi connectivity index (χ0v) is 9.91. The van der Waals surface area contributed by atoms with E-state index in [2.05, 4.69) is 10.5 Å². The number of carboxylic acid groups (broad SMARTS) is 1. The van der Waals surface area contributed by atoms with Gasteiger partial charge in [-0.2, -0.15) is 0 Å². The predicted molar refractivity (Wildman–Crippen MR) is 57.8 cm³/mol. The normalized spacial score (nSPS) is 13.9. The summed E-state index contributed by atoms with van der Waals surface area (Å²) in [4.78, 5) is 22.4. The van der Waals surface area contributed by atoms with E-state index in [1.165, 1.54) is 20.1 Å². The Bertz CT molecular complexity index is 428. The monoisotopic (exact) mass is 258 g/mol. The van der Waals surface area contributed by atoms with E-state index < -0.39 is 24.0 Å². The molecule has 3 N–H and O–H groups in total. The highest BCUT2D eigenvalue weighted by Gasteiger charge is 2.26. The largest absolute Gasteiger partial charge is 0.480 e. The molecule has 0 saturated carbocycles. The summed E-state index contributed by atoms with van der Waals surface area (Å²) in [5, 5.41) is 23.6. The van der Waals surface area contributed by atoms with E-state index >= 15 is 0 Å². The van der Waals surface area contributed by atoms with Crippen LogP contribution in [0.4, 0.5) is 0 Å². The van der Waals surface area contributed by atoms with Crippen molar-refractivity contribution >= 4 is 11.9 Å². The summed E-state index contributed by atoms with van der Waals surface area (Å²) < 4.78 is 9.56. The molecule has 1 rings (SSSR count). The Morgan fingerprint density at radius 1 is 1.61 bits per heavy atom. The van der Waals surface area contributed by atoms with Gasteiger partial charge in [0.2, 0.25) is 0 Å². The molecule has 2 unspecified atom stereocenters. The van der Waals surface area contributed by atoms with Crippen LogP contribution in [0.25, 0.3) is 0 Å². The van der Waals surface area contributed by atoms with Crippen molar-refractivity contribution in [1.82, 2.24) is 10.5 Å². The molecule has 0 aliphatic rings. The minimum Gasteiger partial charge on any atom is -0.480 e. The van der Waals surface area contributed by atoms with Crippen molar-refractivity contribution in [2.24, 2.45) is 0 Å². The third-order valence-corrected chi connectivity index (χ3v) is 2.11. The second-order valence-corrected chi connectivity index (χ2v) is 3.64. The van der Waals surface area contributed by atoms with Crippen LogP contribution in [0.5, 0.6) is 0 Å². The number of aliphatic hydroxyl groups is 1. The number of carbonyl (C=O) groups excluding carboxylic acids is 1. The lowest BCUT2D eigenvalue weighted by molar-refractivity contribution is -0.141. The lowest BCUT2D eigenvalue weighted by Crippen LogP contribution is -2.47. The molecular weight excluding hydrogens is 244 g/mol. The first-order chi connectivity index (χ1) is 8.45. The van der Waals surface area contributed by atoms with E-state index in [0.29, 0.717) is 5.76 Å². The van der Waals surface area contributed by atoms with Crippen LogP contribution in [0, 0.1) is 0 Å². The molecule has 0 fully saturated rings. The SMILES string of the molecule is COCc1cc(C(=O)NC(C(=O)O)C(C)O)no1. The lowest BCUT2D eigenvalue weighted by atomic mass is 10.2. The zero-order valence-electron chi connectivity index (χ0n) is 9.91. The Hall–Kier alpha value is -1.93. The van der Waals surface area contributed by atoms with Gasteiger partial charge in [-0.15, -0.1) is 0 Å². The fraction of sp³-hybridized carbons (Fsp3) is 0.500. The molecule has 0 spiro atoms. The average Bonchev–Trinajstić information content (AvgIpc) is 2.73. The van der Waals surface area contributed by atoms with Crippen molar-refractivity contribution in [3.63, 3.8) is 0 Å². The van der Waals surface area contributed by atoms with Crippen LogP contribution in [-0.2, 0) is 16.1 Å². The van der Waals surface area contributed by atoms with Crippen LogP contribution < -0.4 is 5.32 Å². The van der Waals surface area contributed by atoms with Crippen molar-refractivity contribution in [3.8, 4) is 0 Å². The van der Waals surface area contributed by atoms with Crippen LogP contribution in [0.15, 0.2) is 10.6 Å². The molecular formula is C10H14N2O6. The first-order valence-electron chi connectivity index (χ1n) is 5.12. The lowest BCUT2D eigenvalue weighted by Gasteiger charge is -2.15. The topological polar surface area (TPSA) is 122 Å². The van der Waals surface area contributed by atoms with Gasteiger partial charge in [0.1, 0.15) is 6.61 Å². The number of nitrogens with one attached hydrogen (secondary N) is 1. The molecule has 0 aromatic carbocycles. The quantitative estimate of drug-likeness (QED) is 0.621. The van der Waals surface area contributed by atoms with Crippen LogP contribution >= 0.6 is 0 Å². The molecule has 1 amide bonds. The molecule has 1 aromatic heterocycles. The second-order valence-electron chi connectivity index (χ2n) is 3.64. The number of amides is 1. The summed E-state index contributed by atoms with van der Waals surface area (Å²) in [5.74, 6) is -1.74. The standard InChI is InChI=1S/C10H14N2O6/c1-5(13)8(10(15)16)11-9(14)7-3-6(4-17-2)18-12-7/h3,5,8,13H,4H2,1-2H3,(H,11,14)(H,15,16). The zero-order chi connectivity index (χ0) is 13.7. The number of aromatic nitrogens is 1. The summed E-state index contributed by atoms with van der Waals surface area (Å²) in [6.07, 6.45) is -1.23. The molecule has 0 radical (unpaired) electrons. The number of ether oxygens (including phenoxy) is 1. The highest BCUT2D eigenvalue weighted by molar-refractivity contribution is 5.95. The van der Waals surface area contributed by atoms with Crippen LogP contribution in [-0.4, -0.2) is 46.5 Å². The Balaban J connectivity index is 2.71. The molecule has 1 heterocycles. The van der Waals surface area contributed by atoms with Gasteiger partial charge >= 0.3 is 5.97 Å². The number of aliphatic hydroxyl groups excluding tert-OH is 1. The van der Waals surface area contributed by atoms with Gasteiger partial charge < -0.3 is 24.8 Å². The van der Waals surface area contributed by atoms with Gasteiger partial charge in [0.05, 0.1) is 6.10 Å². The van der Waals surface area contributed by atoms with E-state index in [1.54, 1.807) is 0 Å². The van der Waals surface area contributed by atoms with Crippen molar-refractivity contribution in [2.45, 2.75) is 25.7 Å². The summed E-state index contributed by atoms with van der Waals surface area (Å²) in [5.41, 5.74) is -0.0750. The van der Waals surface area contributed by atoms with E-state index in [9.17, 15) is 14.7 Å². The Labute approximate surface area is 103 Å². The fourth-order valence-electron chi connectivity index (χ4n) is 1.23. The van der Waals surface area contributed by atoms with Crippen LogP contribution in [0.3, 0.4) is 0 Å². The first-order valence-corrected chi connectivity index (χ1v) is 5.12. The molecule has 0 bridgehead atoms. The number of aliphatic carboxylic acids is 1. The highest BCUT2D eigenvalue weighted by Crippen LogP contribution is 2.05. The summed E-state index contributed by atoms with van der Waals surface area (Å²) in [7, 11) is 1.45.